The second-order valence-electron chi connectivity index (χ2n) is 8.18. The summed E-state index contributed by atoms with van der Waals surface area (Å²) in [5, 5.41) is 15.1. The van der Waals surface area contributed by atoms with Gasteiger partial charge in [0, 0.05) is 40.5 Å². The topological polar surface area (TPSA) is 87.7 Å². The molecule has 3 aromatic carbocycles. The van der Waals surface area contributed by atoms with Crippen molar-refractivity contribution in [2.75, 3.05) is 6.61 Å². The molecule has 0 saturated carbocycles. The van der Waals surface area contributed by atoms with E-state index in [9.17, 15) is 14.7 Å². The van der Waals surface area contributed by atoms with Crippen LogP contribution in [-0.4, -0.2) is 24.0 Å². The molecule has 6 nitrogen and oxygen atoms in total. The summed E-state index contributed by atoms with van der Waals surface area (Å²) in [6, 6.07) is 15.3. The summed E-state index contributed by atoms with van der Waals surface area (Å²) in [5.74, 6) is -1.08. The van der Waals surface area contributed by atoms with Crippen molar-refractivity contribution in [2.24, 2.45) is 0 Å². The number of rotatable bonds is 7. The molecule has 1 N–H and O–H groups in total. The van der Waals surface area contributed by atoms with E-state index in [0.717, 1.165) is 5.56 Å². The number of hydrogen-bond acceptors (Lipinski definition) is 5. The number of amides is 1. The van der Waals surface area contributed by atoms with Crippen molar-refractivity contribution in [3.63, 3.8) is 0 Å². The van der Waals surface area contributed by atoms with Gasteiger partial charge in [0.25, 0.3) is 5.91 Å². The van der Waals surface area contributed by atoms with Crippen LogP contribution in [0.25, 0.3) is 0 Å². The molecule has 36 heavy (non-hydrogen) atoms. The van der Waals surface area contributed by atoms with E-state index in [-0.39, 0.29) is 47.1 Å². The number of carboxylic acids is 1. The molecular formula is C26H21Cl3NNaO5. The first-order chi connectivity index (χ1) is 16.7. The molecule has 0 aliphatic carbocycles. The molecule has 0 aromatic heterocycles. The number of halogens is 3. The molecule has 1 aliphatic heterocycles. The van der Waals surface area contributed by atoms with E-state index < -0.39 is 17.4 Å². The number of ether oxygens (including phenoxy) is 2. The largest absolute Gasteiger partial charge is 1.00 e. The summed E-state index contributed by atoms with van der Waals surface area (Å²) in [4.78, 5) is 24.1. The van der Waals surface area contributed by atoms with E-state index in [1.165, 1.54) is 6.07 Å². The zero-order chi connectivity index (χ0) is 25.1. The molecule has 0 fully saturated rings. The van der Waals surface area contributed by atoms with Crippen LogP contribution in [0.2, 0.25) is 10.0 Å². The third-order valence-electron chi connectivity index (χ3n) is 5.66. The van der Waals surface area contributed by atoms with Gasteiger partial charge in [0.2, 0.25) is 0 Å². The van der Waals surface area contributed by atoms with Crippen molar-refractivity contribution in [3.05, 3.63) is 86.9 Å². The number of alkyl halides is 1. The molecule has 1 aliphatic rings. The molecule has 4 rings (SSSR count). The Morgan fingerprint density at radius 1 is 1.11 bits per heavy atom. The average Bonchev–Trinajstić information content (AvgIpc) is 2.81. The summed E-state index contributed by atoms with van der Waals surface area (Å²) >= 11 is 18.6. The van der Waals surface area contributed by atoms with Gasteiger partial charge in [0.1, 0.15) is 22.7 Å². The Hall–Kier alpha value is -1.93. The van der Waals surface area contributed by atoms with Crippen LogP contribution in [0.3, 0.4) is 0 Å². The SMILES string of the molecule is Cc1cc(C(=O)NC(Cl)Cc2ccc(Cl)cc2)ccc1Oc1cc2c(cc1Cl)C(C(=O)[O-])CCO2.[Na+]. The van der Waals surface area contributed by atoms with Gasteiger partial charge in [-0.2, -0.15) is 0 Å². The zero-order valence-electron chi connectivity index (χ0n) is 19.6. The third kappa shape index (κ3) is 6.88. The smallest absolute Gasteiger partial charge is 0.549 e. The van der Waals surface area contributed by atoms with E-state index >= 15 is 0 Å². The number of aliphatic carboxylic acids is 1. The minimum atomic E-state index is -1.17. The number of benzene rings is 3. The van der Waals surface area contributed by atoms with Gasteiger partial charge in [0.15, 0.2) is 0 Å². The molecule has 1 amide bonds. The Morgan fingerprint density at radius 3 is 2.50 bits per heavy atom. The van der Waals surface area contributed by atoms with E-state index in [0.29, 0.717) is 51.8 Å². The molecular weight excluding hydrogens is 536 g/mol. The number of carbonyl (C=O) groups excluding carboxylic acids is 2. The van der Waals surface area contributed by atoms with Gasteiger partial charge >= 0.3 is 29.6 Å². The van der Waals surface area contributed by atoms with Gasteiger partial charge in [-0.3, -0.25) is 4.79 Å². The fraction of sp³-hybridized carbons (Fsp3) is 0.231. The predicted molar refractivity (Wildman–Crippen MR) is 133 cm³/mol. The molecule has 10 heteroatoms. The maximum absolute atomic E-state index is 12.7. The quantitative estimate of drug-likeness (QED) is 0.274. The Morgan fingerprint density at radius 2 is 1.83 bits per heavy atom. The Balaban J connectivity index is 0.00000361. The first-order valence-corrected chi connectivity index (χ1v) is 12.1. The first-order valence-electron chi connectivity index (χ1n) is 10.9. The second kappa shape index (κ2) is 12.5. The van der Waals surface area contributed by atoms with Crippen molar-refractivity contribution in [1.29, 1.82) is 0 Å². The molecule has 2 atom stereocenters. The summed E-state index contributed by atoms with van der Waals surface area (Å²) in [5.41, 5.74) is 1.94. The van der Waals surface area contributed by atoms with Crippen molar-refractivity contribution >= 4 is 46.7 Å². The monoisotopic (exact) mass is 555 g/mol. The normalized spacial score (nSPS) is 15.1. The van der Waals surface area contributed by atoms with Crippen LogP contribution in [0.15, 0.2) is 54.6 Å². The van der Waals surface area contributed by atoms with Gasteiger partial charge < -0.3 is 24.7 Å². The maximum atomic E-state index is 12.7. The van der Waals surface area contributed by atoms with Crippen LogP contribution in [-0.2, 0) is 11.2 Å². The van der Waals surface area contributed by atoms with Crippen molar-refractivity contribution in [1.82, 2.24) is 5.32 Å². The minimum Gasteiger partial charge on any atom is -0.549 e. The third-order valence-corrected chi connectivity index (χ3v) is 6.47. The number of aryl methyl sites for hydroxylation is 1. The minimum absolute atomic E-state index is 0. The average molecular weight is 557 g/mol. The van der Waals surface area contributed by atoms with Gasteiger partial charge in [0.05, 0.1) is 11.6 Å². The molecule has 3 aromatic rings. The standard InChI is InChI=1S/C26H22Cl3NO5.Na/c1-14-10-16(25(31)30-24(29)11-15-2-5-17(27)6-3-15)4-7-21(14)35-23-13-22-19(12-20(23)28)18(26(32)33)8-9-34-22;/h2-7,10,12-13,18,24H,8-9,11H2,1H3,(H,30,31)(H,32,33);/q;+1/p-1. The van der Waals surface area contributed by atoms with Crippen molar-refractivity contribution in [2.45, 2.75) is 31.2 Å². The Labute approximate surface area is 246 Å². The fourth-order valence-electron chi connectivity index (χ4n) is 3.84. The molecule has 0 spiro atoms. The van der Waals surface area contributed by atoms with Crippen molar-refractivity contribution < 1.29 is 53.7 Å². The van der Waals surface area contributed by atoms with Gasteiger partial charge in [-0.05, 0) is 60.9 Å². The van der Waals surface area contributed by atoms with Crippen LogP contribution in [0.4, 0.5) is 0 Å². The van der Waals surface area contributed by atoms with Crippen LogP contribution in [0.1, 0.15) is 39.4 Å². The molecule has 0 radical (unpaired) electrons. The second-order valence-corrected chi connectivity index (χ2v) is 9.55. The van der Waals surface area contributed by atoms with E-state index in [2.05, 4.69) is 5.32 Å². The molecule has 0 saturated heterocycles. The maximum Gasteiger partial charge on any atom is 1.00 e. The summed E-state index contributed by atoms with van der Waals surface area (Å²) in [6.45, 7) is 2.06. The molecule has 182 valence electrons. The fourth-order valence-corrected chi connectivity index (χ4v) is 4.45. The van der Waals surface area contributed by atoms with Gasteiger partial charge in [-0.25, -0.2) is 0 Å². The predicted octanol–water partition coefficient (Wildman–Crippen LogP) is 2.25. The van der Waals surface area contributed by atoms with Crippen LogP contribution in [0.5, 0.6) is 17.2 Å². The van der Waals surface area contributed by atoms with Crippen LogP contribution in [0, 0.1) is 6.92 Å². The van der Waals surface area contributed by atoms with Crippen LogP contribution < -0.4 is 49.5 Å². The summed E-state index contributed by atoms with van der Waals surface area (Å²) in [6.07, 6.45) is 0.764. The van der Waals surface area contributed by atoms with Crippen molar-refractivity contribution in [3.8, 4) is 17.2 Å². The molecule has 0 bridgehead atoms. The number of fused-ring (bicyclic) bond motifs is 1. The Bertz CT molecular complexity index is 1270. The van der Waals surface area contributed by atoms with E-state index in [4.69, 9.17) is 44.3 Å². The number of carbonyl (C=O) groups is 2. The summed E-state index contributed by atoms with van der Waals surface area (Å²) < 4.78 is 11.6. The molecule has 2 unspecified atom stereocenters. The van der Waals surface area contributed by atoms with E-state index in [1.807, 2.05) is 12.1 Å². The number of carboxylic acid groups (broad SMARTS) is 1. The first kappa shape index (κ1) is 28.6. The number of hydrogen-bond donors (Lipinski definition) is 1. The van der Waals surface area contributed by atoms with Gasteiger partial charge in [-0.15, -0.1) is 0 Å². The van der Waals surface area contributed by atoms with E-state index in [1.54, 1.807) is 43.3 Å². The van der Waals surface area contributed by atoms with Crippen LogP contribution >= 0.6 is 34.8 Å². The number of nitrogens with one attached hydrogen (secondary N) is 1. The van der Waals surface area contributed by atoms with Gasteiger partial charge in [-0.1, -0.05) is 46.9 Å². The molecule has 1 heterocycles. The summed E-state index contributed by atoms with van der Waals surface area (Å²) in [7, 11) is 0. The Kier molecular flexibility index (Phi) is 9.98. The zero-order valence-corrected chi connectivity index (χ0v) is 23.9.